The molecule has 24 heavy (non-hydrogen) atoms. The molecule has 2 aliphatic rings. The van der Waals surface area contributed by atoms with Crippen LogP contribution in [0.15, 0.2) is 24.3 Å². The number of nitrogens with one attached hydrogen (secondary N) is 1. The lowest BCUT2D eigenvalue weighted by molar-refractivity contribution is 0.206. The van der Waals surface area contributed by atoms with Crippen molar-refractivity contribution in [1.29, 1.82) is 0 Å². The molecule has 1 N–H and O–H groups in total. The average Bonchev–Trinajstić information content (AvgIpc) is 3.02. The number of nitrogens with zero attached hydrogens (tertiary/aromatic N) is 1. The predicted molar refractivity (Wildman–Crippen MR) is 94.9 cm³/mol. The van der Waals surface area contributed by atoms with E-state index in [1.807, 2.05) is 11.0 Å². The Morgan fingerprint density at radius 3 is 2.83 bits per heavy atom. The van der Waals surface area contributed by atoms with Gasteiger partial charge in [0.2, 0.25) is 0 Å². The second kappa shape index (κ2) is 7.13. The van der Waals surface area contributed by atoms with Gasteiger partial charge in [-0.2, -0.15) is 0 Å². The third-order valence-electron chi connectivity index (χ3n) is 5.20. The van der Waals surface area contributed by atoms with Crippen LogP contribution in [0.1, 0.15) is 36.3 Å². The van der Waals surface area contributed by atoms with Gasteiger partial charge in [0.15, 0.2) is 9.84 Å². The summed E-state index contributed by atoms with van der Waals surface area (Å²) in [5.41, 5.74) is 2.60. The van der Waals surface area contributed by atoms with Crippen LogP contribution in [0.2, 0.25) is 0 Å². The summed E-state index contributed by atoms with van der Waals surface area (Å²) in [5, 5.41) is 2.94. The van der Waals surface area contributed by atoms with Gasteiger partial charge in [0.25, 0.3) is 0 Å². The maximum atomic E-state index is 12.4. The molecule has 0 saturated carbocycles. The van der Waals surface area contributed by atoms with E-state index >= 15 is 0 Å². The first-order chi connectivity index (χ1) is 11.4. The van der Waals surface area contributed by atoms with Crippen LogP contribution in [-0.2, 0) is 9.84 Å². The Morgan fingerprint density at radius 1 is 1.29 bits per heavy atom. The van der Waals surface area contributed by atoms with Crippen LogP contribution in [0.3, 0.4) is 0 Å². The van der Waals surface area contributed by atoms with Crippen LogP contribution in [0.25, 0.3) is 0 Å². The van der Waals surface area contributed by atoms with Gasteiger partial charge < -0.3 is 10.2 Å². The average molecular weight is 350 g/mol. The molecule has 132 valence electrons. The number of likely N-dealkylation sites (tertiary alicyclic amines) is 1. The standard InChI is InChI=1S/C18H26N2O3S/c1-14-5-2-3-7-17(14)16-8-9-20(12-16)18(21)19-11-15-6-4-10-24(22,23)13-15/h2-3,5,7,15-16H,4,6,8-13H2,1H3,(H,19,21). The summed E-state index contributed by atoms with van der Waals surface area (Å²) in [6.45, 7) is 4.07. The predicted octanol–water partition coefficient (Wildman–Crippen LogP) is 2.32. The Labute approximate surface area is 144 Å². The lowest BCUT2D eigenvalue weighted by Gasteiger charge is -2.24. The van der Waals surface area contributed by atoms with Gasteiger partial charge in [-0.05, 0) is 43.2 Å². The number of hydrogen-bond donors (Lipinski definition) is 1. The maximum absolute atomic E-state index is 12.4. The van der Waals surface area contributed by atoms with Crippen molar-refractivity contribution in [3.05, 3.63) is 35.4 Å². The van der Waals surface area contributed by atoms with E-state index < -0.39 is 9.84 Å². The summed E-state index contributed by atoms with van der Waals surface area (Å²) < 4.78 is 23.3. The van der Waals surface area contributed by atoms with E-state index in [9.17, 15) is 13.2 Å². The summed E-state index contributed by atoms with van der Waals surface area (Å²) in [6.07, 6.45) is 2.57. The summed E-state index contributed by atoms with van der Waals surface area (Å²) >= 11 is 0. The molecular formula is C18H26N2O3S. The van der Waals surface area contributed by atoms with Crippen molar-refractivity contribution >= 4 is 15.9 Å². The van der Waals surface area contributed by atoms with Crippen LogP contribution in [0.4, 0.5) is 4.79 Å². The first-order valence-corrected chi connectivity index (χ1v) is 10.6. The van der Waals surface area contributed by atoms with Crippen LogP contribution < -0.4 is 5.32 Å². The molecule has 0 aromatic heterocycles. The molecule has 2 amide bonds. The highest BCUT2D eigenvalue weighted by molar-refractivity contribution is 7.91. The van der Waals surface area contributed by atoms with Crippen molar-refractivity contribution in [3.8, 4) is 0 Å². The van der Waals surface area contributed by atoms with E-state index in [1.165, 1.54) is 11.1 Å². The van der Waals surface area contributed by atoms with Crippen molar-refractivity contribution < 1.29 is 13.2 Å². The molecule has 0 radical (unpaired) electrons. The van der Waals surface area contributed by atoms with E-state index in [1.54, 1.807) is 0 Å². The Morgan fingerprint density at radius 2 is 2.08 bits per heavy atom. The number of rotatable bonds is 3. The summed E-state index contributed by atoms with van der Waals surface area (Å²) in [4.78, 5) is 14.2. The quantitative estimate of drug-likeness (QED) is 0.910. The smallest absolute Gasteiger partial charge is 0.317 e. The highest BCUT2D eigenvalue weighted by atomic mass is 32.2. The Kier molecular flexibility index (Phi) is 5.13. The maximum Gasteiger partial charge on any atom is 0.317 e. The van der Waals surface area contributed by atoms with Crippen molar-refractivity contribution in [3.63, 3.8) is 0 Å². The van der Waals surface area contributed by atoms with Crippen LogP contribution >= 0.6 is 0 Å². The van der Waals surface area contributed by atoms with E-state index in [4.69, 9.17) is 0 Å². The third-order valence-corrected chi connectivity index (χ3v) is 7.09. The Bertz CT molecular complexity index is 702. The van der Waals surface area contributed by atoms with Gasteiger partial charge in [0.05, 0.1) is 11.5 Å². The minimum absolute atomic E-state index is 0.0578. The second-order valence-electron chi connectivity index (χ2n) is 7.10. The topological polar surface area (TPSA) is 66.5 Å². The number of benzene rings is 1. The molecule has 2 aliphatic heterocycles. The number of hydrogen-bond acceptors (Lipinski definition) is 3. The number of amides is 2. The zero-order chi connectivity index (χ0) is 17.2. The molecule has 0 aliphatic carbocycles. The molecule has 5 nitrogen and oxygen atoms in total. The third kappa shape index (κ3) is 4.09. The molecule has 1 aromatic carbocycles. The van der Waals surface area contributed by atoms with E-state index in [0.29, 0.717) is 24.6 Å². The van der Waals surface area contributed by atoms with Crippen molar-refractivity contribution in [2.45, 2.75) is 32.1 Å². The summed E-state index contributed by atoms with van der Waals surface area (Å²) in [7, 11) is -2.91. The van der Waals surface area contributed by atoms with Gasteiger partial charge >= 0.3 is 6.03 Å². The van der Waals surface area contributed by atoms with Crippen LogP contribution in [-0.4, -0.2) is 50.5 Å². The van der Waals surface area contributed by atoms with E-state index in [-0.39, 0.29) is 17.7 Å². The molecule has 2 unspecified atom stereocenters. The minimum Gasteiger partial charge on any atom is -0.338 e. The molecule has 1 aromatic rings. The zero-order valence-electron chi connectivity index (χ0n) is 14.2. The SMILES string of the molecule is Cc1ccccc1C1CCN(C(=O)NCC2CCCS(=O)(=O)C2)C1. The first-order valence-electron chi connectivity index (χ1n) is 8.73. The highest BCUT2D eigenvalue weighted by Gasteiger charge is 2.29. The van der Waals surface area contributed by atoms with E-state index in [0.717, 1.165) is 25.9 Å². The molecule has 3 rings (SSSR count). The molecule has 2 fully saturated rings. The lowest BCUT2D eigenvalue weighted by atomic mass is 9.94. The van der Waals surface area contributed by atoms with Crippen molar-refractivity contribution in [2.75, 3.05) is 31.1 Å². The monoisotopic (exact) mass is 350 g/mol. The second-order valence-corrected chi connectivity index (χ2v) is 9.33. The van der Waals surface area contributed by atoms with Crippen LogP contribution in [0.5, 0.6) is 0 Å². The van der Waals surface area contributed by atoms with E-state index in [2.05, 4.69) is 30.4 Å². The number of carbonyl (C=O) groups is 1. The fourth-order valence-electron chi connectivity index (χ4n) is 3.87. The van der Waals surface area contributed by atoms with Gasteiger partial charge in [-0.1, -0.05) is 24.3 Å². The molecule has 0 bridgehead atoms. The molecule has 0 spiro atoms. The van der Waals surface area contributed by atoms with Crippen molar-refractivity contribution in [2.24, 2.45) is 5.92 Å². The van der Waals surface area contributed by atoms with Gasteiger partial charge in [-0.3, -0.25) is 0 Å². The lowest BCUT2D eigenvalue weighted by Crippen LogP contribution is -2.42. The van der Waals surface area contributed by atoms with Crippen LogP contribution in [0, 0.1) is 12.8 Å². The number of sulfone groups is 1. The molecule has 6 heteroatoms. The zero-order valence-corrected chi connectivity index (χ0v) is 15.0. The number of urea groups is 1. The summed E-state index contributed by atoms with van der Waals surface area (Å²) in [5.74, 6) is 0.954. The highest BCUT2D eigenvalue weighted by Crippen LogP contribution is 2.29. The molecular weight excluding hydrogens is 324 g/mol. The van der Waals surface area contributed by atoms with Crippen molar-refractivity contribution in [1.82, 2.24) is 10.2 Å². The normalized spacial score (nSPS) is 26.3. The molecule has 2 atom stereocenters. The summed E-state index contributed by atoms with van der Waals surface area (Å²) in [6, 6.07) is 8.29. The number of carbonyl (C=O) groups excluding carboxylic acids is 1. The minimum atomic E-state index is -2.91. The van der Waals surface area contributed by atoms with Gasteiger partial charge in [-0.15, -0.1) is 0 Å². The van der Waals surface area contributed by atoms with Gasteiger partial charge in [0.1, 0.15) is 0 Å². The molecule has 2 saturated heterocycles. The molecule has 2 heterocycles. The van der Waals surface area contributed by atoms with Gasteiger partial charge in [0, 0.05) is 25.6 Å². The fourth-order valence-corrected chi connectivity index (χ4v) is 5.64. The Hall–Kier alpha value is -1.56. The van der Waals surface area contributed by atoms with Gasteiger partial charge in [-0.25, -0.2) is 13.2 Å². The Balaban J connectivity index is 1.51. The largest absolute Gasteiger partial charge is 0.338 e. The first kappa shape index (κ1) is 17.3. The number of aryl methyl sites for hydroxylation is 1. The fraction of sp³-hybridized carbons (Fsp3) is 0.611.